The van der Waals surface area contributed by atoms with Gasteiger partial charge in [0.05, 0.1) is 0 Å². The maximum absolute atomic E-state index is 4.43. The largest absolute Gasteiger partial charge is 0.271 e. The van der Waals surface area contributed by atoms with Crippen molar-refractivity contribution in [3.8, 4) is 0 Å². The Labute approximate surface area is 103 Å². The maximum Gasteiger partial charge on any atom is 0.126 e. The van der Waals surface area contributed by atoms with Gasteiger partial charge in [0.1, 0.15) is 3.70 Å². The van der Waals surface area contributed by atoms with Crippen LogP contribution in [0.25, 0.3) is 0 Å². The standard InChI is InChI=1S/C12H13IN2/c1-10-9-15(14-12(10)13)8-7-11-5-3-2-4-6-11/h2-6,9H,7-8H2,1H3. The minimum Gasteiger partial charge on any atom is -0.271 e. The Kier molecular flexibility index (Phi) is 3.41. The molecule has 2 rings (SSSR count). The second kappa shape index (κ2) is 4.79. The van der Waals surface area contributed by atoms with Crippen molar-refractivity contribution in [3.63, 3.8) is 0 Å². The van der Waals surface area contributed by atoms with Crippen LogP contribution < -0.4 is 0 Å². The van der Waals surface area contributed by atoms with Crippen LogP contribution in [0.2, 0.25) is 0 Å². The minimum absolute atomic E-state index is 0.952. The van der Waals surface area contributed by atoms with Crippen molar-refractivity contribution in [2.45, 2.75) is 19.9 Å². The number of nitrogens with zero attached hydrogens (tertiary/aromatic N) is 2. The van der Waals surface area contributed by atoms with Crippen molar-refractivity contribution < 1.29 is 0 Å². The first-order valence-corrected chi connectivity index (χ1v) is 6.07. The predicted octanol–water partition coefficient (Wildman–Crippen LogP) is 3.04. The summed E-state index contributed by atoms with van der Waals surface area (Å²) in [5.74, 6) is 0. The van der Waals surface area contributed by atoms with E-state index in [0.29, 0.717) is 0 Å². The molecule has 0 aliphatic rings. The molecule has 3 heteroatoms. The van der Waals surface area contributed by atoms with E-state index in [4.69, 9.17) is 0 Å². The van der Waals surface area contributed by atoms with Crippen LogP contribution in [0.3, 0.4) is 0 Å². The molecule has 1 aromatic heterocycles. The first-order chi connectivity index (χ1) is 7.25. The van der Waals surface area contributed by atoms with Gasteiger partial charge in [-0.3, -0.25) is 4.68 Å². The summed E-state index contributed by atoms with van der Waals surface area (Å²) in [6.07, 6.45) is 3.14. The minimum atomic E-state index is 0.952. The Hall–Kier alpha value is -0.840. The summed E-state index contributed by atoms with van der Waals surface area (Å²) in [5, 5.41) is 4.43. The van der Waals surface area contributed by atoms with E-state index in [0.717, 1.165) is 16.7 Å². The summed E-state index contributed by atoms with van der Waals surface area (Å²) in [5.41, 5.74) is 2.62. The molecule has 0 aliphatic carbocycles. The first kappa shape index (κ1) is 10.7. The van der Waals surface area contributed by atoms with Crippen molar-refractivity contribution in [3.05, 3.63) is 51.4 Å². The molecule has 0 N–H and O–H groups in total. The number of halogens is 1. The van der Waals surface area contributed by atoms with Crippen LogP contribution in [0.1, 0.15) is 11.1 Å². The van der Waals surface area contributed by atoms with Crippen molar-refractivity contribution >= 4 is 22.6 Å². The molecule has 0 amide bonds. The fraction of sp³-hybridized carbons (Fsp3) is 0.250. The van der Waals surface area contributed by atoms with Gasteiger partial charge in [-0.05, 0) is 41.5 Å². The SMILES string of the molecule is Cc1cn(CCc2ccccc2)nc1I. The third-order valence-electron chi connectivity index (χ3n) is 2.36. The molecule has 0 fully saturated rings. The van der Waals surface area contributed by atoms with Gasteiger partial charge in [-0.1, -0.05) is 30.3 Å². The number of benzene rings is 1. The zero-order chi connectivity index (χ0) is 10.7. The topological polar surface area (TPSA) is 17.8 Å². The molecule has 0 saturated carbocycles. The normalized spacial score (nSPS) is 10.5. The Morgan fingerprint density at radius 3 is 2.60 bits per heavy atom. The first-order valence-electron chi connectivity index (χ1n) is 4.99. The van der Waals surface area contributed by atoms with E-state index in [9.17, 15) is 0 Å². The molecule has 2 nitrogen and oxygen atoms in total. The zero-order valence-electron chi connectivity index (χ0n) is 8.65. The van der Waals surface area contributed by atoms with E-state index in [2.05, 4.69) is 65.1 Å². The molecule has 1 heterocycles. The van der Waals surface area contributed by atoms with Gasteiger partial charge in [0.25, 0.3) is 0 Å². The molecular formula is C12H13IN2. The van der Waals surface area contributed by atoms with Crippen LogP contribution in [-0.2, 0) is 13.0 Å². The Morgan fingerprint density at radius 2 is 2.00 bits per heavy atom. The molecule has 78 valence electrons. The van der Waals surface area contributed by atoms with Gasteiger partial charge in [-0.15, -0.1) is 0 Å². The molecule has 0 unspecified atom stereocenters. The average Bonchev–Trinajstić information content (AvgIpc) is 2.57. The summed E-state index contributed by atoms with van der Waals surface area (Å²) in [4.78, 5) is 0. The highest BCUT2D eigenvalue weighted by Gasteiger charge is 2.00. The Balaban J connectivity index is 1.99. The molecule has 2 aromatic rings. The Bertz CT molecular complexity index is 415. The molecule has 0 spiro atoms. The number of hydrogen-bond donors (Lipinski definition) is 0. The lowest BCUT2D eigenvalue weighted by Crippen LogP contribution is -2.01. The number of aromatic nitrogens is 2. The highest BCUT2D eigenvalue weighted by Crippen LogP contribution is 2.08. The fourth-order valence-corrected chi connectivity index (χ4v) is 1.92. The Morgan fingerprint density at radius 1 is 1.27 bits per heavy atom. The van der Waals surface area contributed by atoms with E-state index in [1.54, 1.807) is 0 Å². The smallest absolute Gasteiger partial charge is 0.126 e. The second-order valence-electron chi connectivity index (χ2n) is 3.60. The van der Waals surface area contributed by atoms with Gasteiger partial charge in [0.2, 0.25) is 0 Å². The molecule has 15 heavy (non-hydrogen) atoms. The monoisotopic (exact) mass is 312 g/mol. The van der Waals surface area contributed by atoms with E-state index in [1.165, 1.54) is 11.1 Å². The van der Waals surface area contributed by atoms with Gasteiger partial charge in [-0.25, -0.2) is 0 Å². The van der Waals surface area contributed by atoms with Crippen molar-refractivity contribution in [2.24, 2.45) is 0 Å². The molecule has 0 radical (unpaired) electrons. The van der Waals surface area contributed by atoms with Crippen LogP contribution in [0.4, 0.5) is 0 Å². The van der Waals surface area contributed by atoms with Crippen LogP contribution in [-0.4, -0.2) is 9.78 Å². The van der Waals surface area contributed by atoms with Gasteiger partial charge in [0.15, 0.2) is 0 Å². The summed E-state index contributed by atoms with van der Waals surface area (Å²) in [7, 11) is 0. The second-order valence-corrected chi connectivity index (χ2v) is 4.62. The molecule has 0 aliphatic heterocycles. The maximum atomic E-state index is 4.43. The van der Waals surface area contributed by atoms with E-state index in [-0.39, 0.29) is 0 Å². The van der Waals surface area contributed by atoms with Crippen LogP contribution >= 0.6 is 22.6 Å². The molecule has 0 atom stereocenters. The summed E-state index contributed by atoms with van der Waals surface area (Å²) >= 11 is 2.27. The van der Waals surface area contributed by atoms with Gasteiger partial charge < -0.3 is 0 Å². The number of hydrogen-bond acceptors (Lipinski definition) is 1. The van der Waals surface area contributed by atoms with Gasteiger partial charge >= 0.3 is 0 Å². The summed E-state index contributed by atoms with van der Waals surface area (Å²) < 4.78 is 3.12. The van der Waals surface area contributed by atoms with Crippen LogP contribution in [0, 0.1) is 10.6 Å². The molecule has 0 saturated heterocycles. The van der Waals surface area contributed by atoms with E-state index < -0.39 is 0 Å². The van der Waals surface area contributed by atoms with Gasteiger partial charge in [0, 0.05) is 18.3 Å². The molecule has 1 aromatic carbocycles. The summed E-state index contributed by atoms with van der Waals surface area (Å²) in [6, 6.07) is 10.5. The zero-order valence-corrected chi connectivity index (χ0v) is 10.8. The van der Waals surface area contributed by atoms with Crippen molar-refractivity contribution in [1.29, 1.82) is 0 Å². The lowest BCUT2D eigenvalue weighted by Gasteiger charge is -2.01. The third kappa shape index (κ3) is 2.81. The van der Waals surface area contributed by atoms with Gasteiger partial charge in [-0.2, -0.15) is 5.10 Å². The van der Waals surface area contributed by atoms with Crippen LogP contribution in [0.15, 0.2) is 36.5 Å². The quantitative estimate of drug-likeness (QED) is 0.797. The highest BCUT2D eigenvalue weighted by atomic mass is 127. The fourth-order valence-electron chi connectivity index (χ4n) is 1.50. The summed E-state index contributed by atoms with van der Waals surface area (Å²) in [6.45, 7) is 3.04. The lowest BCUT2D eigenvalue weighted by molar-refractivity contribution is 0.611. The van der Waals surface area contributed by atoms with Crippen molar-refractivity contribution in [1.82, 2.24) is 9.78 Å². The van der Waals surface area contributed by atoms with Crippen molar-refractivity contribution in [2.75, 3.05) is 0 Å². The molecule has 0 bridgehead atoms. The lowest BCUT2D eigenvalue weighted by atomic mass is 10.1. The third-order valence-corrected chi connectivity index (χ3v) is 3.42. The highest BCUT2D eigenvalue weighted by molar-refractivity contribution is 14.1. The number of aryl methyl sites for hydroxylation is 3. The average molecular weight is 312 g/mol. The van der Waals surface area contributed by atoms with Crippen LogP contribution in [0.5, 0.6) is 0 Å². The number of rotatable bonds is 3. The predicted molar refractivity (Wildman–Crippen MR) is 69.8 cm³/mol. The van der Waals surface area contributed by atoms with E-state index in [1.807, 2.05) is 10.7 Å². The molecular weight excluding hydrogens is 299 g/mol. The van der Waals surface area contributed by atoms with E-state index >= 15 is 0 Å².